The van der Waals surface area contributed by atoms with Crippen LogP contribution in [0.1, 0.15) is 42.1 Å². The third-order valence-corrected chi connectivity index (χ3v) is 5.83. The highest BCUT2D eigenvalue weighted by molar-refractivity contribution is 5.97. The molecule has 1 saturated carbocycles. The molecule has 1 unspecified atom stereocenters. The third kappa shape index (κ3) is 5.70. The number of nitrogens with zero attached hydrogens (tertiary/aromatic N) is 2. The summed E-state index contributed by atoms with van der Waals surface area (Å²) in [4.78, 5) is 31.4. The van der Waals surface area contributed by atoms with Crippen molar-refractivity contribution in [3.05, 3.63) is 29.7 Å². The Kier molecular flexibility index (Phi) is 7.51. The van der Waals surface area contributed by atoms with E-state index in [9.17, 15) is 18.4 Å². The molecule has 1 aromatic carbocycles. The zero-order chi connectivity index (χ0) is 25.1. The first-order valence-corrected chi connectivity index (χ1v) is 11.4. The lowest BCUT2D eigenvalue weighted by molar-refractivity contribution is -0.146. The molecule has 1 aliphatic heterocycles. The smallest absolute Gasteiger partial charge is 0.387 e. The van der Waals surface area contributed by atoms with E-state index in [0.717, 1.165) is 12.8 Å². The van der Waals surface area contributed by atoms with Crippen molar-refractivity contribution in [2.45, 2.75) is 38.5 Å². The molecule has 2 atom stereocenters. The second kappa shape index (κ2) is 10.6. The van der Waals surface area contributed by atoms with Crippen molar-refractivity contribution in [2.75, 3.05) is 33.4 Å². The van der Waals surface area contributed by atoms with E-state index in [1.54, 1.807) is 6.92 Å². The number of carbonyl (C=O) groups excluding carboxylic acids is 2. The molecule has 0 bridgehead atoms. The summed E-state index contributed by atoms with van der Waals surface area (Å²) < 4.78 is 46.7. The van der Waals surface area contributed by atoms with Gasteiger partial charge in [0, 0.05) is 25.2 Å². The molecule has 2 aromatic rings. The highest BCUT2D eigenvalue weighted by atomic mass is 19.3. The quantitative estimate of drug-likeness (QED) is 0.505. The normalized spacial score (nSPS) is 18.9. The maximum atomic E-state index is 13.4. The summed E-state index contributed by atoms with van der Waals surface area (Å²) in [5.41, 5.74) is 6.42. The number of aromatic nitrogens is 1. The molecule has 2 heterocycles. The lowest BCUT2D eigenvalue weighted by Crippen LogP contribution is -2.57. The van der Waals surface area contributed by atoms with E-state index in [1.165, 1.54) is 30.2 Å². The number of amides is 1. The van der Waals surface area contributed by atoms with Gasteiger partial charge in [-0.15, -0.1) is 0 Å². The van der Waals surface area contributed by atoms with Crippen LogP contribution in [0.5, 0.6) is 11.5 Å². The number of alkyl halides is 2. The van der Waals surface area contributed by atoms with Crippen LogP contribution in [0.3, 0.4) is 0 Å². The lowest BCUT2D eigenvalue weighted by atomic mass is 10.1. The van der Waals surface area contributed by atoms with Crippen LogP contribution in [-0.2, 0) is 9.53 Å². The zero-order valence-electron chi connectivity index (χ0n) is 19.5. The van der Waals surface area contributed by atoms with E-state index in [1.807, 2.05) is 0 Å². The minimum atomic E-state index is -3.01. The Hall–Kier alpha value is -3.25. The summed E-state index contributed by atoms with van der Waals surface area (Å²) in [7, 11) is 1.26. The Bertz CT molecular complexity index is 1070. The van der Waals surface area contributed by atoms with Crippen LogP contribution in [-0.4, -0.2) is 67.8 Å². The van der Waals surface area contributed by atoms with Crippen LogP contribution in [0.15, 0.2) is 22.6 Å². The van der Waals surface area contributed by atoms with Gasteiger partial charge in [0.25, 0.3) is 5.91 Å². The molecule has 1 saturated heterocycles. The van der Waals surface area contributed by atoms with E-state index in [-0.39, 0.29) is 41.9 Å². The first-order valence-electron chi connectivity index (χ1n) is 11.4. The number of oxazole rings is 1. The number of hydrogen-bond acceptors (Lipinski definition) is 9. The number of carbonyl (C=O) groups is 2. The maximum Gasteiger partial charge on any atom is 0.387 e. The molecule has 12 heteroatoms. The molecular formula is C23H28F2N4O6. The van der Waals surface area contributed by atoms with Crippen molar-refractivity contribution in [3.8, 4) is 23.0 Å². The number of hydrogen-bond donors (Lipinski definition) is 2. The van der Waals surface area contributed by atoms with E-state index < -0.39 is 30.6 Å². The summed E-state index contributed by atoms with van der Waals surface area (Å²) in [5.74, 6) is -0.477. The summed E-state index contributed by atoms with van der Waals surface area (Å²) in [5, 5.41) is 3.06. The number of esters is 1. The van der Waals surface area contributed by atoms with Crippen molar-refractivity contribution in [1.29, 1.82) is 0 Å². The van der Waals surface area contributed by atoms with Crippen molar-refractivity contribution >= 4 is 11.9 Å². The number of piperazine rings is 1. The molecule has 2 fully saturated rings. The molecular weight excluding hydrogens is 466 g/mol. The Morgan fingerprint density at radius 1 is 1.31 bits per heavy atom. The van der Waals surface area contributed by atoms with E-state index >= 15 is 0 Å². The Morgan fingerprint density at radius 3 is 2.74 bits per heavy atom. The number of nitrogens with one attached hydrogen (secondary N) is 1. The minimum Gasteiger partial charge on any atom is -0.489 e. The fraction of sp³-hybridized carbons (Fsp3) is 0.522. The average molecular weight is 494 g/mol. The first kappa shape index (κ1) is 24.9. The number of methoxy groups -OCH3 is 1. The largest absolute Gasteiger partial charge is 0.489 e. The Labute approximate surface area is 200 Å². The maximum absolute atomic E-state index is 13.4. The first-order chi connectivity index (χ1) is 16.8. The van der Waals surface area contributed by atoms with E-state index in [0.29, 0.717) is 24.6 Å². The van der Waals surface area contributed by atoms with Crippen LogP contribution in [0, 0.1) is 5.92 Å². The van der Waals surface area contributed by atoms with Gasteiger partial charge in [0.2, 0.25) is 5.89 Å². The monoisotopic (exact) mass is 494 g/mol. The van der Waals surface area contributed by atoms with Crippen molar-refractivity contribution in [3.63, 3.8) is 0 Å². The number of nitrogens with two attached hydrogens (primary N) is 1. The topological polar surface area (TPSA) is 129 Å². The Morgan fingerprint density at radius 2 is 2.09 bits per heavy atom. The molecule has 4 rings (SSSR count). The fourth-order valence-corrected chi connectivity index (χ4v) is 3.79. The molecule has 10 nitrogen and oxygen atoms in total. The van der Waals surface area contributed by atoms with Crippen molar-refractivity contribution in [2.24, 2.45) is 11.7 Å². The zero-order valence-corrected chi connectivity index (χ0v) is 19.5. The number of ether oxygens (including phenoxy) is 3. The standard InChI is InChI=1S/C23H28F2N4O6/c1-12(26)19-18(21(30)29-8-7-27-10-15(29)22(31)32-2)28-20(35-19)14-5-6-16(34-23(24)25)17(9-14)33-11-13-3-4-13/h5-6,9,12-13,15,23,27H,3-4,7-8,10-11,26H2,1-2H3/t12-,15?/m0/s1. The van der Waals surface area contributed by atoms with Crippen LogP contribution in [0.25, 0.3) is 11.5 Å². The number of rotatable bonds is 9. The summed E-state index contributed by atoms with van der Waals surface area (Å²) >= 11 is 0. The highest BCUT2D eigenvalue weighted by Crippen LogP contribution is 2.37. The summed E-state index contributed by atoms with van der Waals surface area (Å²) in [6.45, 7) is -0.00408. The molecule has 3 N–H and O–H groups in total. The second-order valence-corrected chi connectivity index (χ2v) is 8.56. The minimum absolute atomic E-state index is 0.0286. The molecule has 35 heavy (non-hydrogen) atoms. The molecule has 1 aromatic heterocycles. The fourth-order valence-electron chi connectivity index (χ4n) is 3.79. The predicted molar refractivity (Wildman–Crippen MR) is 119 cm³/mol. The van der Waals surface area contributed by atoms with Gasteiger partial charge in [-0.1, -0.05) is 0 Å². The Balaban J connectivity index is 1.66. The van der Waals surface area contributed by atoms with Gasteiger partial charge in [-0.2, -0.15) is 8.78 Å². The molecule has 1 amide bonds. The number of benzene rings is 1. The van der Waals surface area contributed by atoms with Gasteiger partial charge in [-0.3, -0.25) is 4.79 Å². The summed E-state index contributed by atoms with van der Waals surface area (Å²) in [6.07, 6.45) is 2.04. The van der Waals surface area contributed by atoms with Gasteiger partial charge in [0.05, 0.1) is 19.8 Å². The summed E-state index contributed by atoms with van der Waals surface area (Å²) in [6, 6.07) is 2.80. The molecule has 1 aliphatic carbocycles. The van der Waals surface area contributed by atoms with Crippen LogP contribution >= 0.6 is 0 Å². The van der Waals surface area contributed by atoms with Crippen LogP contribution in [0.2, 0.25) is 0 Å². The SMILES string of the molecule is COC(=O)C1CNCCN1C(=O)c1nc(-c2ccc(OC(F)F)c(OCC3CC3)c2)oc1[C@H](C)N. The van der Waals surface area contributed by atoms with Crippen LogP contribution < -0.4 is 20.5 Å². The average Bonchev–Trinajstić information content (AvgIpc) is 3.57. The van der Waals surface area contributed by atoms with Crippen molar-refractivity contribution in [1.82, 2.24) is 15.2 Å². The van der Waals surface area contributed by atoms with Gasteiger partial charge in [0.1, 0.15) is 6.04 Å². The van der Waals surface area contributed by atoms with E-state index in [4.69, 9.17) is 19.6 Å². The van der Waals surface area contributed by atoms with Gasteiger partial charge < -0.3 is 34.6 Å². The second-order valence-electron chi connectivity index (χ2n) is 8.56. The van der Waals surface area contributed by atoms with Gasteiger partial charge in [0.15, 0.2) is 23.0 Å². The molecule has 0 radical (unpaired) electrons. The van der Waals surface area contributed by atoms with Crippen molar-refractivity contribution < 1.29 is 37.0 Å². The van der Waals surface area contributed by atoms with Gasteiger partial charge in [-0.25, -0.2) is 9.78 Å². The molecule has 190 valence electrons. The van der Waals surface area contributed by atoms with E-state index in [2.05, 4.69) is 15.0 Å². The van der Waals surface area contributed by atoms with Gasteiger partial charge >= 0.3 is 12.6 Å². The molecule has 2 aliphatic rings. The van der Waals surface area contributed by atoms with Crippen LogP contribution in [0.4, 0.5) is 8.78 Å². The highest BCUT2D eigenvalue weighted by Gasteiger charge is 2.36. The third-order valence-electron chi connectivity index (χ3n) is 5.83. The number of halogens is 2. The predicted octanol–water partition coefficient (Wildman–Crippen LogP) is 2.34. The molecule has 0 spiro atoms. The lowest BCUT2D eigenvalue weighted by Gasteiger charge is -2.33. The van der Waals surface area contributed by atoms with Gasteiger partial charge in [-0.05, 0) is 43.9 Å².